The molecule has 136 valence electrons. The number of fused-ring (bicyclic) bond motifs is 1. The lowest BCUT2D eigenvalue weighted by Gasteiger charge is -2.28. The van der Waals surface area contributed by atoms with E-state index in [0.29, 0.717) is 37.5 Å². The van der Waals surface area contributed by atoms with Gasteiger partial charge in [-0.25, -0.2) is 0 Å². The number of nitrogens with one attached hydrogen (secondary N) is 1. The Morgan fingerprint density at radius 1 is 1.23 bits per heavy atom. The van der Waals surface area contributed by atoms with Crippen LogP contribution in [-0.4, -0.2) is 48.5 Å². The first-order valence-electron chi connectivity index (χ1n) is 8.78. The lowest BCUT2D eigenvalue weighted by Crippen LogP contribution is -2.36. The predicted octanol–water partition coefficient (Wildman–Crippen LogP) is 2.05. The fourth-order valence-corrected chi connectivity index (χ4v) is 3.04. The van der Waals surface area contributed by atoms with Gasteiger partial charge in [-0.3, -0.25) is 14.6 Å². The summed E-state index contributed by atoms with van der Waals surface area (Å²) in [5, 5.41) is 2.82. The van der Waals surface area contributed by atoms with Crippen LogP contribution in [0.1, 0.15) is 38.4 Å². The summed E-state index contributed by atoms with van der Waals surface area (Å²) >= 11 is 0. The molecule has 26 heavy (non-hydrogen) atoms. The van der Waals surface area contributed by atoms with E-state index >= 15 is 0 Å². The van der Waals surface area contributed by atoms with E-state index in [4.69, 9.17) is 4.74 Å². The maximum atomic E-state index is 12.8. The molecular weight excluding hydrogens is 330 g/mol. The van der Waals surface area contributed by atoms with Crippen LogP contribution in [0, 0.1) is 0 Å². The van der Waals surface area contributed by atoms with Crippen LogP contribution >= 0.6 is 0 Å². The fourth-order valence-electron chi connectivity index (χ4n) is 3.04. The highest BCUT2D eigenvalue weighted by Crippen LogP contribution is 2.20. The molecule has 0 radical (unpaired) electrons. The van der Waals surface area contributed by atoms with Gasteiger partial charge in [-0.15, -0.1) is 0 Å². The molecule has 0 saturated carbocycles. The lowest BCUT2D eigenvalue weighted by atomic mass is 9.99. The van der Waals surface area contributed by atoms with Crippen molar-refractivity contribution in [3.05, 3.63) is 65.0 Å². The third-order valence-corrected chi connectivity index (χ3v) is 4.47. The van der Waals surface area contributed by atoms with Gasteiger partial charge in [-0.1, -0.05) is 24.3 Å². The number of ether oxygens (including phenoxy) is 1. The first-order chi connectivity index (χ1) is 12.7. The van der Waals surface area contributed by atoms with Crippen LogP contribution in [0.15, 0.2) is 42.6 Å². The van der Waals surface area contributed by atoms with E-state index in [1.807, 2.05) is 18.2 Å². The Bertz CT molecular complexity index is 791. The molecule has 0 saturated heterocycles. The van der Waals surface area contributed by atoms with E-state index in [-0.39, 0.29) is 11.8 Å². The number of amides is 2. The standard InChI is InChI=1S/C20H23N3O3/c1-26-12-4-9-22-19(24)16-7-10-21-18(13-16)20(25)23-11-8-15-5-2-3-6-17(15)14-23/h2-3,5-7,10,13H,4,8-9,11-12,14H2,1H3,(H,22,24). The molecule has 0 fully saturated rings. The minimum Gasteiger partial charge on any atom is -0.385 e. The molecule has 1 aliphatic rings. The number of carbonyl (C=O) groups is 2. The van der Waals surface area contributed by atoms with Crippen molar-refractivity contribution in [1.29, 1.82) is 0 Å². The van der Waals surface area contributed by atoms with Gasteiger partial charge in [0.05, 0.1) is 0 Å². The molecule has 0 unspecified atom stereocenters. The molecule has 0 atom stereocenters. The first-order valence-corrected chi connectivity index (χ1v) is 8.78. The van der Waals surface area contributed by atoms with Crippen LogP contribution in [0.5, 0.6) is 0 Å². The molecular formula is C20H23N3O3. The van der Waals surface area contributed by atoms with Gasteiger partial charge >= 0.3 is 0 Å². The third kappa shape index (κ3) is 4.26. The van der Waals surface area contributed by atoms with Gasteiger partial charge in [0.15, 0.2) is 0 Å². The molecule has 0 aliphatic carbocycles. The van der Waals surface area contributed by atoms with Crippen LogP contribution in [0.3, 0.4) is 0 Å². The molecule has 6 heteroatoms. The summed E-state index contributed by atoms with van der Waals surface area (Å²) in [5.74, 6) is -0.352. The number of pyridine rings is 1. The lowest BCUT2D eigenvalue weighted by molar-refractivity contribution is 0.0728. The number of carbonyl (C=O) groups excluding carboxylic acids is 2. The van der Waals surface area contributed by atoms with Crippen molar-refractivity contribution in [3.63, 3.8) is 0 Å². The second kappa shape index (κ2) is 8.58. The molecule has 1 aliphatic heterocycles. The van der Waals surface area contributed by atoms with Gasteiger partial charge in [0.2, 0.25) is 0 Å². The number of nitrogens with zero attached hydrogens (tertiary/aromatic N) is 2. The Balaban J connectivity index is 1.66. The van der Waals surface area contributed by atoms with Crippen molar-refractivity contribution in [2.24, 2.45) is 0 Å². The molecule has 2 aromatic rings. The predicted molar refractivity (Wildman–Crippen MR) is 97.9 cm³/mol. The number of hydrogen-bond donors (Lipinski definition) is 1. The highest BCUT2D eigenvalue weighted by Gasteiger charge is 2.23. The molecule has 1 aromatic heterocycles. The van der Waals surface area contributed by atoms with Crippen LogP contribution in [0.2, 0.25) is 0 Å². The molecule has 3 rings (SSSR count). The van der Waals surface area contributed by atoms with Crippen molar-refractivity contribution in [2.45, 2.75) is 19.4 Å². The van der Waals surface area contributed by atoms with E-state index in [2.05, 4.69) is 16.4 Å². The van der Waals surface area contributed by atoms with Gasteiger partial charge in [-0.2, -0.15) is 0 Å². The summed E-state index contributed by atoms with van der Waals surface area (Å²) in [6, 6.07) is 11.3. The molecule has 0 bridgehead atoms. The summed E-state index contributed by atoms with van der Waals surface area (Å²) in [4.78, 5) is 31.0. The third-order valence-electron chi connectivity index (χ3n) is 4.47. The van der Waals surface area contributed by atoms with Crippen LogP contribution in [0.4, 0.5) is 0 Å². The van der Waals surface area contributed by atoms with Crippen LogP contribution in [-0.2, 0) is 17.7 Å². The van der Waals surface area contributed by atoms with Gasteiger partial charge in [-0.05, 0) is 36.1 Å². The van der Waals surface area contributed by atoms with Gasteiger partial charge in [0, 0.05) is 45.1 Å². The Morgan fingerprint density at radius 2 is 2.04 bits per heavy atom. The van der Waals surface area contributed by atoms with Crippen LogP contribution < -0.4 is 5.32 Å². The minimum absolute atomic E-state index is 0.145. The molecule has 0 spiro atoms. The average molecular weight is 353 g/mol. The molecule has 2 amide bonds. The highest BCUT2D eigenvalue weighted by molar-refractivity contribution is 5.98. The van der Waals surface area contributed by atoms with Gasteiger partial charge < -0.3 is 15.0 Å². The van der Waals surface area contributed by atoms with Gasteiger partial charge in [0.25, 0.3) is 11.8 Å². The summed E-state index contributed by atoms with van der Waals surface area (Å²) in [5.41, 5.74) is 3.19. The van der Waals surface area contributed by atoms with Crippen molar-refractivity contribution in [3.8, 4) is 0 Å². The normalized spacial score (nSPS) is 13.2. The van der Waals surface area contributed by atoms with Crippen molar-refractivity contribution < 1.29 is 14.3 Å². The smallest absolute Gasteiger partial charge is 0.272 e. The molecule has 1 aromatic carbocycles. The SMILES string of the molecule is COCCCNC(=O)c1ccnc(C(=O)N2CCc3ccccc3C2)c1. The summed E-state index contributed by atoms with van der Waals surface area (Å²) in [6.45, 7) is 2.35. The van der Waals surface area contributed by atoms with E-state index in [0.717, 1.165) is 12.8 Å². The van der Waals surface area contributed by atoms with Crippen molar-refractivity contribution >= 4 is 11.8 Å². The topological polar surface area (TPSA) is 71.5 Å². The van der Waals surface area contributed by atoms with Crippen molar-refractivity contribution in [1.82, 2.24) is 15.2 Å². The molecule has 2 heterocycles. The zero-order valence-corrected chi connectivity index (χ0v) is 14.9. The Labute approximate surface area is 153 Å². The summed E-state index contributed by atoms with van der Waals surface area (Å²) in [7, 11) is 1.63. The average Bonchev–Trinajstić information content (AvgIpc) is 2.70. The fraction of sp³-hybridized carbons (Fsp3) is 0.350. The zero-order valence-electron chi connectivity index (χ0n) is 14.9. The highest BCUT2D eigenvalue weighted by atomic mass is 16.5. The second-order valence-electron chi connectivity index (χ2n) is 6.28. The number of benzene rings is 1. The van der Waals surface area contributed by atoms with E-state index in [1.54, 1.807) is 24.1 Å². The number of hydrogen-bond acceptors (Lipinski definition) is 4. The largest absolute Gasteiger partial charge is 0.385 e. The molecule has 1 N–H and O–H groups in total. The van der Waals surface area contributed by atoms with Gasteiger partial charge in [0.1, 0.15) is 5.69 Å². The minimum atomic E-state index is -0.207. The Morgan fingerprint density at radius 3 is 2.85 bits per heavy atom. The van der Waals surface area contributed by atoms with E-state index in [1.165, 1.54) is 17.3 Å². The summed E-state index contributed by atoms with van der Waals surface area (Å²) in [6.07, 6.45) is 3.09. The van der Waals surface area contributed by atoms with Crippen molar-refractivity contribution in [2.75, 3.05) is 26.8 Å². The maximum absolute atomic E-state index is 12.8. The second-order valence-corrected chi connectivity index (χ2v) is 6.28. The molecule has 6 nitrogen and oxygen atoms in total. The Hall–Kier alpha value is -2.73. The Kier molecular flexibility index (Phi) is 5.96. The quantitative estimate of drug-likeness (QED) is 0.807. The first kappa shape index (κ1) is 18.1. The van der Waals surface area contributed by atoms with Crippen LogP contribution in [0.25, 0.3) is 0 Å². The number of rotatable bonds is 6. The van der Waals surface area contributed by atoms with E-state index < -0.39 is 0 Å². The number of aromatic nitrogens is 1. The zero-order chi connectivity index (χ0) is 18.4. The number of methoxy groups -OCH3 is 1. The summed E-state index contributed by atoms with van der Waals surface area (Å²) < 4.78 is 4.96. The monoisotopic (exact) mass is 353 g/mol. The van der Waals surface area contributed by atoms with E-state index in [9.17, 15) is 9.59 Å². The maximum Gasteiger partial charge on any atom is 0.272 e.